The van der Waals surface area contributed by atoms with Crippen LogP contribution < -0.4 is 10.6 Å². The average molecular weight is 294 g/mol. The van der Waals surface area contributed by atoms with Crippen molar-refractivity contribution >= 4 is 17.7 Å². The molecule has 114 valence electrons. The second kappa shape index (κ2) is 5.71. The second-order valence-corrected chi connectivity index (χ2v) is 5.82. The zero-order chi connectivity index (χ0) is 15.6. The van der Waals surface area contributed by atoms with Gasteiger partial charge in [0.15, 0.2) is 0 Å². The van der Waals surface area contributed by atoms with Gasteiger partial charge in [0.1, 0.15) is 5.82 Å². The lowest BCUT2D eigenvalue weighted by Gasteiger charge is -2.20. The fraction of sp³-hybridized carbons (Fsp3) is 0.467. The molecule has 0 spiro atoms. The van der Waals surface area contributed by atoms with Crippen LogP contribution in [0.2, 0.25) is 0 Å². The fourth-order valence-electron chi connectivity index (χ4n) is 2.34. The van der Waals surface area contributed by atoms with Crippen LogP contribution in [0.4, 0.5) is 14.9 Å². The molecule has 2 rings (SSSR count). The average Bonchev–Trinajstić information content (AvgIpc) is 3.19. The molecule has 21 heavy (non-hydrogen) atoms. The number of urea groups is 1. The molecule has 1 saturated carbocycles. The largest absolute Gasteiger partial charge is 0.478 e. The highest BCUT2D eigenvalue weighted by Crippen LogP contribution is 2.51. The second-order valence-electron chi connectivity index (χ2n) is 5.82. The van der Waals surface area contributed by atoms with Gasteiger partial charge >= 0.3 is 12.0 Å². The molecule has 1 aliphatic carbocycles. The maximum absolute atomic E-state index is 13.1. The summed E-state index contributed by atoms with van der Waals surface area (Å²) in [7, 11) is 0. The standard InChI is InChI=1S/C15H19FN2O3/c1-9(2)15(5-6-15)8-17-14(21)18-12-4-3-10(16)7-11(12)13(19)20/h3-4,7,9H,5-6,8H2,1-2H3,(H,19,20)(H2,17,18,21). The van der Waals surface area contributed by atoms with Crippen LogP contribution in [0.5, 0.6) is 0 Å². The summed E-state index contributed by atoms with van der Waals surface area (Å²) in [5.74, 6) is -1.46. The minimum atomic E-state index is -1.29. The molecular weight excluding hydrogens is 275 g/mol. The van der Waals surface area contributed by atoms with E-state index in [9.17, 15) is 14.0 Å². The molecule has 1 fully saturated rings. The molecule has 0 radical (unpaired) electrons. The highest BCUT2D eigenvalue weighted by molar-refractivity contribution is 6.00. The van der Waals surface area contributed by atoms with Gasteiger partial charge in [0.2, 0.25) is 0 Å². The van der Waals surface area contributed by atoms with Crippen molar-refractivity contribution < 1.29 is 19.1 Å². The Kier molecular flexibility index (Phi) is 4.16. The third-order valence-corrected chi connectivity index (χ3v) is 4.18. The number of hydrogen-bond donors (Lipinski definition) is 3. The van der Waals surface area contributed by atoms with Gasteiger partial charge in [0.05, 0.1) is 11.3 Å². The van der Waals surface area contributed by atoms with E-state index in [1.54, 1.807) is 0 Å². The number of carboxylic acids is 1. The predicted octanol–water partition coefficient (Wildman–Crippen LogP) is 3.08. The van der Waals surface area contributed by atoms with E-state index in [4.69, 9.17) is 5.11 Å². The molecule has 0 bridgehead atoms. The number of hydrogen-bond acceptors (Lipinski definition) is 2. The molecule has 1 aliphatic rings. The van der Waals surface area contributed by atoms with Gasteiger partial charge in [-0.25, -0.2) is 14.0 Å². The number of benzene rings is 1. The van der Waals surface area contributed by atoms with Crippen molar-refractivity contribution in [1.29, 1.82) is 0 Å². The highest BCUT2D eigenvalue weighted by atomic mass is 19.1. The first-order valence-corrected chi connectivity index (χ1v) is 6.92. The van der Waals surface area contributed by atoms with Gasteiger partial charge in [0.25, 0.3) is 0 Å². The van der Waals surface area contributed by atoms with Crippen molar-refractivity contribution in [2.75, 3.05) is 11.9 Å². The van der Waals surface area contributed by atoms with Crippen molar-refractivity contribution in [3.63, 3.8) is 0 Å². The van der Waals surface area contributed by atoms with E-state index >= 15 is 0 Å². The number of carbonyl (C=O) groups is 2. The lowest BCUT2D eigenvalue weighted by molar-refractivity contribution is 0.0697. The van der Waals surface area contributed by atoms with Gasteiger partial charge in [-0.15, -0.1) is 0 Å². The van der Waals surface area contributed by atoms with Crippen LogP contribution in [-0.2, 0) is 0 Å². The van der Waals surface area contributed by atoms with Crippen LogP contribution in [-0.4, -0.2) is 23.7 Å². The maximum Gasteiger partial charge on any atom is 0.337 e. The summed E-state index contributed by atoms with van der Waals surface area (Å²) >= 11 is 0. The number of rotatable bonds is 5. The third-order valence-electron chi connectivity index (χ3n) is 4.18. The van der Waals surface area contributed by atoms with Crippen LogP contribution in [0, 0.1) is 17.2 Å². The van der Waals surface area contributed by atoms with Crippen LogP contribution in [0.25, 0.3) is 0 Å². The van der Waals surface area contributed by atoms with E-state index in [0.717, 1.165) is 25.0 Å². The number of amides is 2. The van der Waals surface area contributed by atoms with Gasteiger partial charge in [-0.1, -0.05) is 13.8 Å². The number of carbonyl (C=O) groups excluding carboxylic acids is 1. The van der Waals surface area contributed by atoms with E-state index in [-0.39, 0.29) is 16.7 Å². The predicted molar refractivity (Wildman–Crippen MR) is 76.9 cm³/mol. The van der Waals surface area contributed by atoms with Crippen molar-refractivity contribution in [2.24, 2.45) is 11.3 Å². The van der Waals surface area contributed by atoms with Gasteiger partial charge in [-0.3, -0.25) is 0 Å². The number of halogens is 1. The van der Waals surface area contributed by atoms with Crippen molar-refractivity contribution in [3.05, 3.63) is 29.6 Å². The molecule has 0 heterocycles. The van der Waals surface area contributed by atoms with Crippen LogP contribution in [0.15, 0.2) is 18.2 Å². The minimum absolute atomic E-state index is 0.0794. The molecule has 0 saturated heterocycles. The molecule has 6 heteroatoms. The quantitative estimate of drug-likeness (QED) is 0.781. The first-order valence-electron chi connectivity index (χ1n) is 6.92. The van der Waals surface area contributed by atoms with Crippen LogP contribution in [0.1, 0.15) is 37.0 Å². The molecular formula is C15H19FN2O3. The Hall–Kier alpha value is -2.11. The van der Waals surface area contributed by atoms with Crippen molar-refractivity contribution in [1.82, 2.24) is 5.32 Å². The number of carboxylic acid groups (broad SMARTS) is 1. The third kappa shape index (κ3) is 3.51. The molecule has 0 aliphatic heterocycles. The summed E-state index contributed by atoms with van der Waals surface area (Å²) < 4.78 is 13.1. The first-order chi connectivity index (χ1) is 9.84. The SMILES string of the molecule is CC(C)C1(CNC(=O)Nc2ccc(F)cc2C(=O)O)CC1. The molecule has 0 unspecified atom stereocenters. The van der Waals surface area contributed by atoms with Crippen molar-refractivity contribution in [3.8, 4) is 0 Å². The molecule has 2 amide bonds. The van der Waals surface area contributed by atoms with Crippen LogP contribution in [0.3, 0.4) is 0 Å². The number of anilines is 1. The Morgan fingerprint density at radius 3 is 2.57 bits per heavy atom. The van der Waals surface area contributed by atoms with Gasteiger partial charge in [-0.2, -0.15) is 0 Å². The van der Waals surface area contributed by atoms with E-state index in [0.29, 0.717) is 12.5 Å². The van der Waals surface area contributed by atoms with E-state index < -0.39 is 17.8 Å². The Morgan fingerprint density at radius 2 is 2.05 bits per heavy atom. The Labute approximate surface area is 122 Å². The zero-order valence-corrected chi connectivity index (χ0v) is 12.1. The molecule has 3 N–H and O–H groups in total. The normalized spacial score (nSPS) is 15.6. The molecule has 5 nitrogen and oxygen atoms in total. The Morgan fingerprint density at radius 1 is 1.38 bits per heavy atom. The fourth-order valence-corrected chi connectivity index (χ4v) is 2.34. The summed E-state index contributed by atoms with van der Waals surface area (Å²) in [6, 6.07) is 2.76. The monoisotopic (exact) mass is 294 g/mol. The summed E-state index contributed by atoms with van der Waals surface area (Å²) in [5.41, 5.74) is -0.0265. The molecule has 1 aromatic carbocycles. The molecule has 0 atom stereocenters. The summed E-state index contributed by atoms with van der Waals surface area (Å²) in [4.78, 5) is 22.9. The van der Waals surface area contributed by atoms with E-state index in [1.165, 1.54) is 6.07 Å². The zero-order valence-electron chi connectivity index (χ0n) is 12.1. The topological polar surface area (TPSA) is 78.4 Å². The molecule has 1 aromatic rings. The van der Waals surface area contributed by atoms with E-state index in [1.807, 2.05) is 0 Å². The van der Waals surface area contributed by atoms with Crippen LogP contribution >= 0.6 is 0 Å². The maximum atomic E-state index is 13.1. The minimum Gasteiger partial charge on any atom is -0.478 e. The summed E-state index contributed by atoms with van der Waals surface area (Å²) in [6.45, 7) is 4.80. The Bertz CT molecular complexity index is 568. The number of aromatic carboxylic acids is 1. The van der Waals surface area contributed by atoms with Gasteiger partial charge in [-0.05, 0) is 42.4 Å². The van der Waals surface area contributed by atoms with E-state index in [2.05, 4.69) is 24.5 Å². The summed E-state index contributed by atoms with van der Waals surface area (Å²) in [6.07, 6.45) is 2.17. The Balaban J connectivity index is 1.99. The first kappa shape index (κ1) is 15.3. The molecule has 0 aromatic heterocycles. The lowest BCUT2D eigenvalue weighted by atomic mass is 9.92. The van der Waals surface area contributed by atoms with Gasteiger partial charge < -0.3 is 15.7 Å². The highest BCUT2D eigenvalue weighted by Gasteiger charge is 2.45. The smallest absolute Gasteiger partial charge is 0.337 e. The van der Waals surface area contributed by atoms with Crippen molar-refractivity contribution in [2.45, 2.75) is 26.7 Å². The number of nitrogens with one attached hydrogen (secondary N) is 2. The van der Waals surface area contributed by atoms with Gasteiger partial charge in [0, 0.05) is 6.54 Å². The summed E-state index contributed by atoms with van der Waals surface area (Å²) in [5, 5.41) is 14.2. The lowest BCUT2D eigenvalue weighted by Crippen LogP contribution is -2.35.